The minimum Gasteiger partial charge on any atom is -0.396 e. The first kappa shape index (κ1) is 12.5. The van der Waals surface area contributed by atoms with Crippen molar-refractivity contribution in [3.05, 3.63) is 29.6 Å². The Labute approximate surface area is 93.7 Å². The Balaban J connectivity index is 2.81. The van der Waals surface area contributed by atoms with Crippen LogP contribution in [0.1, 0.15) is 24.9 Å². The van der Waals surface area contributed by atoms with Crippen LogP contribution in [0.4, 0.5) is 4.39 Å². The highest BCUT2D eigenvalue weighted by Crippen LogP contribution is 2.28. The van der Waals surface area contributed by atoms with Crippen molar-refractivity contribution in [1.29, 1.82) is 0 Å². The van der Waals surface area contributed by atoms with Crippen LogP contribution in [0.15, 0.2) is 23.1 Å². The number of hydrogen-bond acceptors (Lipinski definition) is 3. The van der Waals surface area contributed by atoms with Gasteiger partial charge in [-0.05, 0) is 25.5 Å². The summed E-state index contributed by atoms with van der Waals surface area (Å²) in [4.78, 5) is 0.874. The predicted molar refractivity (Wildman–Crippen MR) is 61.4 cm³/mol. The molecule has 84 valence electrons. The number of rotatable bonds is 5. The molecule has 0 aromatic heterocycles. The third-order valence-corrected chi connectivity index (χ3v) is 3.19. The van der Waals surface area contributed by atoms with Crippen molar-refractivity contribution in [3.63, 3.8) is 0 Å². The van der Waals surface area contributed by atoms with Gasteiger partial charge in [-0.2, -0.15) is 0 Å². The smallest absolute Gasteiger partial charge is 0.129 e. The number of aliphatic hydroxyl groups excluding tert-OH is 1. The number of benzene rings is 1. The van der Waals surface area contributed by atoms with Crippen LogP contribution in [0.2, 0.25) is 0 Å². The van der Waals surface area contributed by atoms with E-state index in [-0.39, 0.29) is 18.5 Å². The Morgan fingerprint density at radius 2 is 2.27 bits per heavy atom. The summed E-state index contributed by atoms with van der Waals surface area (Å²) < 4.78 is 13.5. The van der Waals surface area contributed by atoms with Crippen LogP contribution < -0.4 is 5.73 Å². The second-order valence-electron chi connectivity index (χ2n) is 3.37. The van der Waals surface area contributed by atoms with Crippen molar-refractivity contribution < 1.29 is 9.50 Å². The molecule has 2 nitrogen and oxygen atoms in total. The molecule has 1 aromatic rings. The Bertz CT molecular complexity index is 317. The van der Waals surface area contributed by atoms with E-state index < -0.39 is 0 Å². The highest BCUT2D eigenvalue weighted by molar-refractivity contribution is 7.99. The Morgan fingerprint density at radius 1 is 1.53 bits per heavy atom. The number of thioether (sulfide) groups is 1. The lowest BCUT2D eigenvalue weighted by Crippen LogP contribution is -2.09. The minimum absolute atomic E-state index is 0.163. The maximum Gasteiger partial charge on any atom is 0.129 e. The fourth-order valence-corrected chi connectivity index (χ4v) is 2.44. The lowest BCUT2D eigenvalue weighted by atomic mass is 10.1. The van der Waals surface area contributed by atoms with Crippen molar-refractivity contribution in [2.75, 3.05) is 12.4 Å². The largest absolute Gasteiger partial charge is 0.396 e. The van der Waals surface area contributed by atoms with Crippen LogP contribution in [-0.4, -0.2) is 17.5 Å². The molecule has 1 rings (SSSR count). The summed E-state index contributed by atoms with van der Waals surface area (Å²) in [7, 11) is 0. The Morgan fingerprint density at radius 3 is 2.87 bits per heavy atom. The van der Waals surface area contributed by atoms with Gasteiger partial charge in [-0.3, -0.25) is 0 Å². The summed E-state index contributed by atoms with van der Waals surface area (Å²) in [5.74, 6) is 0.527. The van der Waals surface area contributed by atoms with Crippen molar-refractivity contribution in [2.45, 2.75) is 24.3 Å². The third-order valence-electron chi connectivity index (χ3n) is 2.03. The first-order chi connectivity index (χ1) is 7.16. The molecule has 3 N–H and O–H groups in total. The summed E-state index contributed by atoms with van der Waals surface area (Å²) in [6, 6.07) is 4.67. The van der Waals surface area contributed by atoms with E-state index in [1.807, 2.05) is 6.07 Å². The number of halogens is 1. The highest BCUT2D eigenvalue weighted by Gasteiger charge is 2.12. The van der Waals surface area contributed by atoms with Crippen LogP contribution in [0, 0.1) is 5.82 Å². The summed E-state index contributed by atoms with van der Waals surface area (Å²) in [6.45, 7) is 1.93. The first-order valence-corrected chi connectivity index (χ1v) is 5.93. The van der Waals surface area contributed by atoms with Gasteiger partial charge in [0.05, 0.1) is 0 Å². The molecule has 0 bridgehead atoms. The van der Waals surface area contributed by atoms with Gasteiger partial charge in [-0.25, -0.2) is 4.39 Å². The summed E-state index contributed by atoms with van der Waals surface area (Å²) in [5.41, 5.74) is 6.29. The topological polar surface area (TPSA) is 46.2 Å². The fourth-order valence-electron chi connectivity index (χ4n) is 1.33. The van der Waals surface area contributed by atoms with Gasteiger partial charge in [-0.15, -0.1) is 11.8 Å². The zero-order valence-electron chi connectivity index (χ0n) is 8.74. The normalized spacial score (nSPS) is 12.8. The Kier molecular flexibility index (Phi) is 5.08. The van der Waals surface area contributed by atoms with Gasteiger partial charge in [0, 0.05) is 28.9 Å². The van der Waals surface area contributed by atoms with E-state index >= 15 is 0 Å². The van der Waals surface area contributed by atoms with E-state index in [2.05, 4.69) is 0 Å². The average molecular weight is 229 g/mol. The highest BCUT2D eigenvalue weighted by atomic mass is 32.2. The van der Waals surface area contributed by atoms with Crippen LogP contribution in [0.3, 0.4) is 0 Å². The zero-order chi connectivity index (χ0) is 11.3. The van der Waals surface area contributed by atoms with Crippen LogP contribution in [-0.2, 0) is 0 Å². The third kappa shape index (κ3) is 3.48. The molecule has 15 heavy (non-hydrogen) atoms. The Hall–Kier alpha value is -0.580. The molecule has 1 aromatic carbocycles. The van der Waals surface area contributed by atoms with Gasteiger partial charge < -0.3 is 10.8 Å². The van der Waals surface area contributed by atoms with E-state index in [4.69, 9.17) is 10.8 Å². The molecule has 0 saturated heterocycles. The average Bonchev–Trinajstić information content (AvgIpc) is 2.17. The van der Waals surface area contributed by atoms with E-state index in [0.29, 0.717) is 12.0 Å². The van der Waals surface area contributed by atoms with E-state index in [1.54, 1.807) is 13.0 Å². The molecule has 0 spiro atoms. The molecule has 0 fully saturated rings. The van der Waals surface area contributed by atoms with Crippen molar-refractivity contribution in [2.24, 2.45) is 5.73 Å². The molecular formula is C11H16FNOS. The number of hydrogen-bond donors (Lipinski definition) is 2. The predicted octanol–water partition coefficient (Wildman–Crippen LogP) is 2.32. The quantitative estimate of drug-likeness (QED) is 0.601. The molecule has 0 saturated carbocycles. The van der Waals surface area contributed by atoms with E-state index in [0.717, 1.165) is 10.6 Å². The van der Waals surface area contributed by atoms with E-state index in [1.165, 1.54) is 17.8 Å². The molecule has 0 amide bonds. The number of nitrogens with two attached hydrogens (primary N) is 1. The van der Waals surface area contributed by atoms with Crippen molar-refractivity contribution >= 4 is 11.8 Å². The van der Waals surface area contributed by atoms with Gasteiger partial charge >= 0.3 is 0 Å². The second-order valence-corrected chi connectivity index (χ2v) is 4.50. The summed E-state index contributed by atoms with van der Waals surface area (Å²) in [5, 5.41) is 8.67. The lowest BCUT2D eigenvalue weighted by Gasteiger charge is -2.12. The van der Waals surface area contributed by atoms with Gasteiger partial charge in [0.25, 0.3) is 0 Å². The SMILES string of the molecule is CC(N)c1c(F)cccc1SCCCO. The monoisotopic (exact) mass is 229 g/mol. The van der Waals surface area contributed by atoms with Crippen LogP contribution >= 0.6 is 11.8 Å². The summed E-state index contributed by atoms with van der Waals surface area (Å²) in [6.07, 6.45) is 0.708. The van der Waals surface area contributed by atoms with Crippen LogP contribution in [0.5, 0.6) is 0 Å². The molecule has 0 radical (unpaired) electrons. The van der Waals surface area contributed by atoms with Gasteiger partial charge in [0.2, 0.25) is 0 Å². The second kappa shape index (κ2) is 6.10. The molecule has 0 aliphatic carbocycles. The molecule has 4 heteroatoms. The fraction of sp³-hybridized carbons (Fsp3) is 0.455. The molecule has 1 unspecified atom stereocenters. The molecule has 0 aliphatic rings. The van der Waals surface area contributed by atoms with Crippen molar-refractivity contribution in [3.8, 4) is 0 Å². The molecule has 0 aliphatic heterocycles. The van der Waals surface area contributed by atoms with Gasteiger partial charge in [0.15, 0.2) is 0 Å². The lowest BCUT2D eigenvalue weighted by molar-refractivity contribution is 0.296. The molecule has 1 atom stereocenters. The van der Waals surface area contributed by atoms with Crippen LogP contribution in [0.25, 0.3) is 0 Å². The standard InChI is InChI=1S/C11H16FNOS/c1-8(13)11-9(12)4-2-5-10(11)15-7-3-6-14/h2,4-5,8,14H,3,6-7,13H2,1H3. The molecule has 0 heterocycles. The maximum absolute atomic E-state index is 13.5. The molecular weight excluding hydrogens is 213 g/mol. The van der Waals surface area contributed by atoms with Gasteiger partial charge in [0.1, 0.15) is 5.82 Å². The van der Waals surface area contributed by atoms with Gasteiger partial charge in [-0.1, -0.05) is 6.07 Å². The zero-order valence-corrected chi connectivity index (χ0v) is 9.56. The number of aliphatic hydroxyl groups is 1. The summed E-state index contributed by atoms with van der Waals surface area (Å²) >= 11 is 1.53. The first-order valence-electron chi connectivity index (χ1n) is 4.94. The maximum atomic E-state index is 13.5. The minimum atomic E-state index is -0.303. The van der Waals surface area contributed by atoms with E-state index in [9.17, 15) is 4.39 Å². The van der Waals surface area contributed by atoms with Crippen molar-refractivity contribution in [1.82, 2.24) is 0 Å².